The van der Waals surface area contributed by atoms with E-state index in [1.54, 1.807) is 0 Å². The highest BCUT2D eigenvalue weighted by atomic mass is 16.4. The lowest BCUT2D eigenvalue weighted by Crippen LogP contribution is -2.09. The van der Waals surface area contributed by atoms with Gasteiger partial charge in [0.25, 0.3) is 0 Å². The van der Waals surface area contributed by atoms with Crippen molar-refractivity contribution in [1.29, 1.82) is 0 Å². The zero-order chi connectivity index (χ0) is 35.1. The van der Waals surface area contributed by atoms with Crippen molar-refractivity contribution in [2.24, 2.45) is 0 Å². The summed E-state index contributed by atoms with van der Waals surface area (Å²) in [6.07, 6.45) is 0. The van der Waals surface area contributed by atoms with E-state index in [1.807, 2.05) is 36.4 Å². The van der Waals surface area contributed by atoms with Gasteiger partial charge in [-0.3, -0.25) is 0 Å². The molecule has 0 bridgehead atoms. The molecule has 0 atom stereocenters. The van der Waals surface area contributed by atoms with Crippen LogP contribution in [0.15, 0.2) is 203 Å². The molecule has 0 saturated carbocycles. The predicted molar refractivity (Wildman–Crippen MR) is 218 cm³/mol. The zero-order valence-electron chi connectivity index (χ0n) is 28.7. The van der Waals surface area contributed by atoms with E-state index in [2.05, 4.69) is 163 Å². The van der Waals surface area contributed by atoms with Crippen LogP contribution in [0.3, 0.4) is 0 Å². The molecule has 53 heavy (non-hydrogen) atoms. The van der Waals surface area contributed by atoms with Gasteiger partial charge in [-0.1, -0.05) is 133 Å². The summed E-state index contributed by atoms with van der Waals surface area (Å²) >= 11 is 0. The monoisotopic (exact) mass is 680 g/mol. The van der Waals surface area contributed by atoms with Crippen molar-refractivity contribution in [3.8, 4) is 44.8 Å². The van der Waals surface area contributed by atoms with Crippen molar-refractivity contribution in [2.45, 2.75) is 0 Å². The molecule has 0 aliphatic rings. The van der Waals surface area contributed by atoms with Gasteiger partial charge in [0, 0.05) is 45.0 Å². The van der Waals surface area contributed by atoms with Gasteiger partial charge in [-0.05, 0) is 82.4 Å². The summed E-state index contributed by atoms with van der Waals surface area (Å²) in [5.41, 5.74) is 14.2. The van der Waals surface area contributed by atoms with Crippen LogP contribution in [0, 0.1) is 0 Å². The lowest BCUT2D eigenvalue weighted by molar-refractivity contribution is 0.617. The van der Waals surface area contributed by atoms with E-state index < -0.39 is 0 Å². The second kappa shape index (κ2) is 12.9. The van der Waals surface area contributed by atoms with Crippen LogP contribution in [0.5, 0.6) is 0 Å². The summed E-state index contributed by atoms with van der Waals surface area (Å²) in [6.45, 7) is 0. The van der Waals surface area contributed by atoms with Crippen LogP contribution in [0.4, 0.5) is 17.1 Å². The number of aromatic nitrogens is 1. The van der Waals surface area contributed by atoms with E-state index in [0.717, 1.165) is 61.2 Å². The summed E-state index contributed by atoms with van der Waals surface area (Å²) < 4.78 is 12.7. The summed E-state index contributed by atoms with van der Waals surface area (Å²) in [7, 11) is 0. The minimum absolute atomic E-state index is 0.604. The maximum Gasteiger partial charge on any atom is 0.227 e. The standard InChI is InChI=1S/C49H32N2O2/c1-4-13-33(14-5-1)40-19-10-11-20-41(40)34-23-27-38(28-24-34)51(37-17-8-3-9-18-37)39-29-25-35(26-30-39)42-21-12-22-43-44-31-45-47(32-46(44)52-48(42)43)53-49(50-45)36-15-6-2-7-16-36/h1-32H. The van der Waals surface area contributed by atoms with Crippen molar-refractivity contribution in [1.82, 2.24) is 4.98 Å². The SMILES string of the molecule is c1ccc(-c2nc3cc4c(cc3o2)oc2c(-c3ccc(N(c5ccccc5)c5ccc(-c6ccccc6-c6ccccc6)cc5)cc3)cccc24)cc1. The number of hydrogen-bond acceptors (Lipinski definition) is 4. The topological polar surface area (TPSA) is 42.4 Å². The quantitative estimate of drug-likeness (QED) is 0.168. The molecule has 2 heterocycles. The van der Waals surface area contributed by atoms with Gasteiger partial charge in [-0.25, -0.2) is 4.98 Å². The first-order chi connectivity index (χ1) is 26.3. The fourth-order valence-corrected chi connectivity index (χ4v) is 7.36. The fraction of sp³-hybridized carbons (Fsp3) is 0. The average Bonchev–Trinajstić information content (AvgIpc) is 3.82. The molecule has 4 nitrogen and oxygen atoms in total. The molecule has 0 spiro atoms. The number of fused-ring (bicyclic) bond motifs is 4. The third-order valence-electron chi connectivity index (χ3n) is 9.93. The number of rotatable bonds is 7. The van der Waals surface area contributed by atoms with Crippen LogP contribution in [0.25, 0.3) is 77.9 Å². The molecule has 8 aromatic carbocycles. The molecule has 0 fully saturated rings. The smallest absolute Gasteiger partial charge is 0.227 e. The molecule has 0 saturated heterocycles. The molecular formula is C49H32N2O2. The van der Waals surface area contributed by atoms with Gasteiger partial charge in [0.05, 0.1) is 0 Å². The molecule has 0 amide bonds. The predicted octanol–water partition coefficient (Wildman–Crippen LogP) is 13.9. The van der Waals surface area contributed by atoms with Crippen molar-refractivity contribution in [3.63, 3.8) is 0 Å². The van der Waals surface area contributed by atoms with E-state index in [0.29, 0.717) is 11.5 Å². The maximum atomic E-state index is 6.56. The number of furan rings is 1. The largest absolute Gasteiger partial charge is 0.455 e. The van der Waals surface area contributed by atoms with Gasteiger partial charge in [0.1, 0.15) is 16.7 Å². The first kappa shape index (κ1) is 30.6. The molecular weight excluding hydrogens is 649 g/mol. The minimum Gasteiger partial charge on any atom is -0.455 e. The second-order valence-corrected chi connectivity index (χ2v) is 13.2. The van der Waals surface area contributed by atoms with Gasteiger partial charge in [0.2, 0.25) is 5.89 Å². The summed E-state index contributed by atoms with van der Waals surface area (Å²) in [6, 6.07) is 67.6. The fourth-order valence-electron chi connectivity index (χ4n) is 7.36. The Kier molecular flexibility index (Phi) is 7.43. The molecule has 0 N–H and O–H groups in total. The number of benzene rings is 8. The maximum absolute atomic E-state index is 6.56. The Labute approximate surface area is 306 Å². The van der Waals surface area contributed by atoms with Gasteiger partial charge < -0.3 is 13.7 Å². The Bertz CT molecular complexity index is 2860. The molecule has 10 rings (SSSR count). The van der Waals surface area contributed by atoms with Crippen molar-refractivity contribution in [3.05, 3.63) is 194 Å². The lowest BCUT2D eigenvalue weighted by Gasteiger charge is -2.26. The van der Waals surface area contributed by atoms with E-state index in [9.17, 15) is 0 Å². The molecule has 0 aliphatic carbocycles. The average molecular weight is 681 g/mol. The van der Waals surface area contributed by atoms with Gasteiger partial charge in [-0.15, -0.1) is 0 Å². The Morgan fingerprint density at radius 2 is 0.868 bits per heavy atom. The molecule has 10 aromatic rings. The highest BCUT2D eigenvalue weighted by Crippen LogP contribution is 2.41. The Hall–Kier alpha value is -7.17. The van der Waals surface area contributed by atoms with Gasteiger partial charge >= 0.3 is 0 Å². The Morgan fingerprint density at radius 3 is 1.51 bits per heavy atom. The first-order valence-electron chi connectivity index (χ1n) is 17.8. The van der Waals surface area contributed by atoms with Crippen LogP contribution in [0.1, 0.15) is 0 Å². The summed E-state index contributed by atoms with van der Waals surface area (Å²) in [5, 5.41) is 2.07. The highest BCUT2D eigenvalue weighted by Gasteiger charge is 2.18. The number of anilines is 3. The molecule has 2 aromatic heterocycles. The lowest BCUT2D eigenvalue weighted by atomic mass is 9.94. The molecule has 4 heteroatoms. The number of oxazole rings is 1. The summed E-state index contributed by atoms with van der Waals surface area (Å²) in [4.78, 5) is 7.10. The number of para-hydroxylation sites is 2. The van der Waals surface area contributed by atoms with Crippen LogP contribution in [-0.2, 0) is 0 Å². The third-order valence-corrected chi connectivity index (χ3v) is 9.93. The van der Waals surface area contributed by atoms with Crippen LogP contribution in [0.2, 0.25) is 0 Å². The van der Waals surface area contributed by atoms with Crippen LogP contribution < -0.4 is 4.90 Å². The first-order valence-corrected chi connectivity index (χ1v) is 17.8. The van der Waals surface area contributed by atoms with Crippen molar-refractivity contribution >= 4 is 50.1 Å². The molecule has 250 valence electrons. The van der Waals surface area contributed by atoms with Gasteiger partial charge in [-0.2, -0.15) is 0 Å². The molecule has 0 radical (unpaired) electrons. The van der Waals surface area contributed by atoms with Crippen molar-refractivity contribution < 1.29 is 8.83 Å². The zero-order valence-corrected chi connectivity index (χ0v) is 28.7. The number of nitrogens with zero attached hydrogens (tertiary/aromatic N) is 2. The van der Waals surface area contributed by atoms with Gasteiger partial charge in [0.15, 0.2) is 5.58 Å². The number of hydrogen-bond donors (Lipinski definition) is 0. The van der Waals surface area contributed by atoms with Crippen LogP contribution in [-0.4, -0.2) is 4.98 Å². The van der Waals surface area contributed by atoms with Crippen LogP contribution >= 0.6 is 0 Å². The van der Waals surface area contributed by atoms with E-state index in [4.69, 9.17) is 13.8 Å². The molecule has 0 unspecified atom stereocenters. The minimum atomic E-state index is 0.604. The van der Waals surface area contributed by atoms with Crippen molar-refractivity contribution in [2.75, 3.05) is 4.90 Å². The Balaban J connectivity index is 1.00. The second-order valence-electron chi connectivity index (χ2n) is 13.2. The molecule has 0 aliphatic heterocycles. The third kappa shape index (κ3) is 5.54. The van der Waals surface area contributed by atoms with E-state index in [1.165, 1.54) is 22.3 Å². The van der Waals surface area contributed by atoms with E-state index in [-0.39, 0.29) is 0 Å². The Morgan fingerprint density at radius 1 is 0.358 bits per heavy atom. The summed E-state index contributed by atoms with van der Waals surface area (Å²) in [5.74, 6) is 0.604. The van der Waals surface area contributed by atoms with E-state index >= 15 is 0 Å². The highest BCUT2D eigenvalue weighted by molar-refractivity contribution is 6.12. The normalized spacial score (nSPS) is 11.4.